The van der Waals surface area contributed by atoms with Crippen LogP contribution in [-0.4, -0.2) is 67.3 Å². The average molecular weight is 429 g/mol. The number of carbonyl (C=O) groups excluding carboxylic acids is 3. The highest BCUT2D eigenvalue weighted by molar-refractivity contribution is 8.00. The van der Waals surface area contributed by atoms with Crippen LogP contribution in [0.4, 0.5) is 0 Å². The van der Waals surface area contributed by atoms with Crippen molar-refractivity contribution >= 4 is 47.1 Å². The van der Waals surface area contributed by atoms with Gasteiger partial charge >= 0.3 is 11.9 Å². The van der Waals surface area contributed by atoms with E-state index in [-0.39, 0.29) is 28.8 Å². The molecule has 10 nitrogen and oxygen atoms in total. The maximum atomic E-state index is 12.5. The minimum Gasteiger partial charge on any atom is -0.477 e. The molecule has 0 saturated carbocycles. The number of hydrogen-bond acceptors (Lipinski definition) is 7. The van der Waals surface area contributed by atoms with E-state index in [9.17, 15) is 24.3 Å². The number of esters is 1. The van der Waals surface area contributed by atoms with Crippen LogP contribution in [0.2, 0.25) is 5.02 Å². The fourth-order valence-electron chi connectivity index (χ4n) is 2.91. The number of nitrogens with zero attached hydrogens (tertiary/aromatic N) is 3. The second-order valence-corrected chi connectivity index (χ2v) is 7.59. The second-order valence-electron chi connectivity index (χ2n) is 6.08. The molecule has 0 spiro atoms. The van der Waals surface area contributed by atoms with E-state index in [1.807, 2.05) is 6.92 Å². The maximum Gasteiger partial charge on any atom is 0.352 e. The summed E-state index contributed by atoms with van der Waals surface area (Å²) in [6.07, 6.45) is 1.51. The van der Waals surface area contributed by atoms with Gasteiger partial charge in [-0.25, -0.2) is 4.79 Å². The molecule has 1 fully saturated rings. The molecule has 3 heterocycles. The quantitative estimate of drug-likeness (QED) is 0.494. The van der Waals surface area contributed by atoms with Crippen LogP contribution < -0.4 is 5.32 Å². The molecular formula is C16H17ClN4O6S. The van der Waals surface area contributed by atoms with E-state index in [1.165, 1.54) is 29.6 Å². The molecule has 1 saturated heterocycles. The summed E-state index contributed by atoms with van der Waals surface area (Å²) in [7, 11) is 0. The first-order valence-electron chi connectivity index (χ1n) is 8.31. The number of halogens is 1. The van der Waals surface area contributed by atoms with Gasteiger partial charge in [-0.15, -0.1) is 11.8 Å². The molecule has 2 N–H and O–H groups in total. The van der Waals surface area contributed by atoms with E-state index in [0.717, 1.165) is 4.90 Å². The Labute approximate surface area is 168 Å². The summed E-state index contributed by atoms with van der Waals surface area (Å²) in [4.78, 5) is 48.7. The van der Waals surface area contributed by atoms with Crippen molar-refractivity contribution in [1.82, 2.24) is 20.0 Å². The number of aliphatic carboxylic acids is 1. The van der Waals surface area contributed by atoms with Gasteiger partial charge in [-0.1, -0.05) is 11.6 Å². The van der Waals surface area contributed by atoms with E-state index in [1.54, 1.807) is 0 Å². The zero-order valence-electron chi connectivity index (χ0n) is 15.0. The second kappa shape index (κ2) is 7.84. The van der Waals surface area contributed by atoms with E-state index in [2.05, 4.69) is 10.4 Å². The topological polar surface area (TPSA) is 131 Å². The first kappa shape index (κ1) is 20.2. The third kappa shape index (κ3) is 3.59. The first-order chi connectivity index (χ1) is 13.2. The Balaban J connectivity index is 1.76. The van der Waals surface area contributed by atoms with Crippen LogP contribution >= 0.6 is 23.4 Å². The highest BCUT2D eigenvalue weighted by Crippen LogP contribution is 2.40. The number of carboxylic acids is 1. The Morgan fingerprint density at radius 3 is 2.75 bits per heavy atom. The van der Waals surface area contributed by atoms with Crippen molar-refractivity contribution in [2.45, 2.75) is 31.8 Å². The van der Waals surface area contributed by atoms with Crippen molar-refractivity contribution in [3.63, 3.8) is 0 Å². The molecule has 1 aromatic heterocycles. The van der Waals surface area contributed by atoms with Crippen molar-refractivity contribution in [3.05, 3.63) is 28.2 Å². The van der Waals surface area contributed by atoms with Gasteiger partial charge in [0, 0.05) is 31.0 Å². The number of carboxylic acid groups (broad SMARTS) is 1. The third-order valence-corrected chi connectivity index (χ3v) is 5.86. The van der Waals surface area contributed by atoms with Crippen LogP contribution in [0, 0.1) is 0 Å². The largest absolute Gasteiger partial charge is 0.477 e. The fraction of sp³-hybridized carbons (Fsp3) is 0.438. The van der Waals surface area contributed by atoms with Gasteiger partial charge in [0.2, 0.25) is 0 Å². The molecule has 150 valence electrons. The number of nitrogens with one attached hydrogen (secondary N) is 1. The van der Waals surface area contributed by atoms with Crippen molar-refractivity contribution in [3.8, 4) is 0 Å². The number of aryl methyl sites for hydroxylation is 1. The van der Waals surface area contributed by atoms with E-state index >= 15 is 0 Å². The van der Waals surface area contributed by atoms with Gasteiger partial charge in [0.15, 0.2) is 5.69 Å². The fourth-order valence-corrected chi connectivity index (χ4v) is 4.47. The van der Waals surface area contributed by atoms with Crippen LogP contribution in [-0.2, 0) is 25.7 Å². The summed E-state index contributed by atoms with van der Waals surface area (Å²) >= 11 is 7.29. The molecule has 12 heteroatoms. The lowest BCUT2D eigenvalue weighted by Crippen LogP contribution is -2.70. The Morgan fingerprint density at radius 1 is 1.46 bits per heavy atom. The van der Waals surface area contributed by atoms with Gasteiger partial charge in [0.1, 0.15) is 23.7 Å². The first-order valence-corrected chi connectivity index (χ1v) is 9.74. The number of amides is 2. The lowest BCUT2D eigenvalue weighted by molar-refractivity contribution is -0.149. The SMILES string of the molecule is CCn1cc(Cl)c(C(=O)N[C@H]2C(=O)N3C(C(=O)O)=C(COC(C)=O)CS[C@@H]23)n1. The minimum atomic E-state index is -1.30. The van der Waals surface area contributed by atoms with Crippen LogP contribution in [0.1, 0.15) is 24.3 Å². The summed E-state index contributed by atoms with van der Waals surface area (Å²) in [5.74, 6) is -2.76. The third-order valence-electron chi connectivity index (χ3n) is 4.24. The Morgan fingerprint density at radius 2 is 2.18 bits per heavy atom. The normalized spacial score (nSPS) is 21.1. The number of aromatic nitrogens is 2. The van der Waals surface area contributed by atoms with Crippen molar-refractivity contribution in [2.75, 3.05) is 12.4 Å². The molecule has 2 aliphatic rings. The van der Waals surface area contributed by atoms with Crippen molar-refractivity contribution in [1.29, 1.82) is 0 Å². The highest BCUT2D eigenvalue weighted by atomic mass is 35.5. The average Bonchev–Trinajstić information content (AvgIpc) is 3.04. The molecule has 0 aromatic carbocycles. The van der Waals surface area contributed by atoms with Gasteiger partial charge in [0.05, 0.1) is 5.02 Å². The van der Waals surface area contributed by atoms with Crippen molar-refractivity contribution in [2.24, 2.45) is 0 Å². The van der Waals surface area contributed by atoms with Gasteiger partial charge in [0.25, 0.3) is 11.8 Å². The predicted octanol–water partition coefficient (Wildman–Crippen LogP) is 0.472. The molecule has 2 aliphatic heterocycles. The van der Waals surface area contributed by atoms with Crippen LogP contribution in [0.25, 0.3) is 0 Å². The summed E-state index contributed by atoms with van der Waals surface area (Å²) in [6, 6.07) is -0.898. The number of ether oxygens (including phenoxy) is 1. The number of thioether (sulfide) groups is 1. The summed E-state index contributed by atoms with van der Waals surface area (Å²) in [5, 5.41) is 15.7. The minimum absolute atomic E-state index is 0.000114. The predicted molar refractivity (Wildman–Crippen MR) is 98.6 cm³/mol. The van der Waals surface area contributed by atoms with Crippen LogP contribution in [0.5, 0.6) is 0 Å². The number of rotatable bonds is 6. The zero-order chi connectivity index (χ0) is 20.6. The Hall–Kier alpha value is -2.53. The highest BCUT2D eigenvalue weighted by Gasteiger charge is 2.54. The van der Waals surface area contributed by atoms with Crippen molar-refractivity contribution < 1.29 is 29.0 Å². The standard InChI is InChI=1S/C16H17ClN4O6S/c1-3-20-4-9(17)10(19-20)13(23)18-11-14(24)21-12(16(25)26)8(5-27-7(2)22)6-28-15(11)21/h4,11,15H,3,5-6H2,1-2H3,(H,18,23)(H,25,26)/t11-,15-/m0/s1. The molecule has 2 atom stereocenters. The molecule has 0 unspecified atom stereocenters. The van der Waals surface area contributed by atoms with Gasteiger partial charge in [-0.05, 0) is 6.92 Å². The van der Waals surface area contributed by atoms with Gasteiger partial charge < -0.3 is 15.2 Å². The zero-order valence-corrected chi connectivity index (χ0v) is 16.5. The van der Waals surface area contributed by atoms with E-state index < -0.39 is 35.2 Å². The molecule has 1 aromatic rings. The smallest absolute Gasteiger partial charge is 0.352 e. The van der Waals surface area contributed by atoms with Crippen LogP contribution in [0.3, 0.4) is 0 Å². The summed E-state index contributed by atoms with van der Waals surface area (Å²) in [5.41, 5.74) is 0.112. The molecule has 3 rings (SSSR count). The summed E-state index contributed by atoms with van der Waals surface area (Å²) in [6.45, 7) is 3.37. The molecule has 28 heavy (non-hydrogen) atoms. The van der Waals surface area contributed by atoms with Gasteiger partial charge in [-0.3, -0.25) is 24.0 Å². The Kier molecular flexibility index (Phi) is 5.66. The summed E-state index contributed by atoms with van der Waals surface area (Å²) < 4.78 is 6.37. The number of fused-ring (bicyclic) bond motifs is 1. The van der Waals surface area contributed by atoms with Gasteiger partial charge in [-0.2, -0.15) is 5.10 Å². The monoisotopic (exact) mass is 428 g/mol. The van der Waals surface area contributed by atoms with Crippen LogP contribution in [0.15, 0.2) is 17.5 Å². The Bertz CT molecular complexity index is 898. The molecule has 0 bridgehead atoms. The molecule has 0 aliphatic carbocycles. The number of β-lactam (4-membered cyclic amide) rings is 1. The molecular weight excluding hydrogens is 412 g/mol. The molecule has 2 amide bonds. The van der Waals surface area contributed by atoms with E-state index in [4.69, 9.17) is 16.3 Å². The molecule has 0 radical (unpaired) electrons. The van der Waals surface area contributed by atoms with E-state index in [0.29, 0.717) is 12.1 Å². The number of hydrogen-bond donors (Lipinski definition) is 2. The lowest BCUT2D eigenvalue weighted by Gasteiger charge is -2.49. The number of carbonyl (C=O) groups is 4. The maximum absolute atomic E-state index is 12.5. The lowest BCUT2D eigenvalue weighted by atomic mass is 10.0.